The van der Waals surface area contributed by atoms with Crippen molar-refractivity contribution in [2.24, 2.45) is 0 Å². The van der Waals surface area contributed by atoms with Gasteiger partial charge >= 0.3 is 12.1 Å². The molecule has 3 amide bonds. The van der Waals surface area contributed by atoms with Crippen LogP contribution in [0.5, 0.6) is 0 Å². The van der Waals surface area contributed by atoms with Crippen molar-refractivity contribution in [2.45, 2.75) is 24.8 Å². The molecule has 11 heteroatoms. The predicted octanol–water partition coefficient (Wildman–Crippen LogP) is 3.81. The fourth-order valence-corrected chi connectivity index (χ4v) is 4.05. The van der Waals surface area contributed by atoms with Crippen LogP contribution >= 0.6 is 11.8 Å². The van der Waals surface area contributed by atoms with E-state index in [9.17, 15) is 32.3 Å². The van der Waals surface area contributed by atoms with E-state index in [1.54, 1.807) is 19.1 Å². The Bertz CT molecular complexity index is 1090. The van der Waals surface area contributed by atoms with Gasteiger partial charge < -0.3 is 4.74 Å². The first kappa shape index (κ1) is 24.3. The third-order valence-electron chi connectivity index (χ3n) is 4.68. The van der Waals surface area contributed by atoms with Crippen LogP contribution in [0.3, 0.4) is 0 Å². The van der Waals surface area contributed by atoms with E-state index in [1.807, 2.05) is 0 Å². The van der Waals surface area contributed by atoms with Crippen molar-refractivity contribution in [3.8, 4) is 0 Å². The molecule has 1 saturated heterocycles. The molecular weight excluding hydrogens is 461 g/mol. The molecule has 174 valence electrons. The van der Waals surface area contributed by atoms with E-state index in [1.165, 1.54) is 18.2 Å². The highest BCUT2D eigenvalue weighted by Gasteiger charge is 2.33. The summed E-state index contributed by atoms with van der Waals surface area (Å²) in [6.45, 7) is 1.02. The number of alkyl halides is 3. The SMILES string of the molecule is CCOC(=O)CN(C(=O)c1cccc(CC2SC(=O)NC2=O)c1)c1cccc(C(F)(F)F)c1. The minimum Gasteiger partial charge on any atom is -0.465 e. The Morgan fingerprint density at radius 3 is 2.48 bits per heavy atom. The van der Waals surface area contributed by atoms with Gasteiger partial charge in [0.05, 0.1) is 17.4 Å². The first-order valence-electron chi connectivity index (χ1n) is 9.83. The molecule has 0 bridgehead atoms. The van der Waals surface area contributed by atoms with Crippen molar-refractivity contribution in [2.75, 3.05) is 18.1 Å². The molecule has 1 atom stereocenters. The largest absolute Gasteiger partial charge is 0.465 e. The zero-order valence-corrected chi connectivity index (χ0v) is 18.2. The van der Waals surface area contributed by atoms with E-state index in [0.29, 0.717) is 5.56 Å². The van der Waals surface area contributed by atoms with Gasteiger partial charge in [0.15, 0.2) is 0 Å². The molecule has 0 saturated carbocycles. The van der Waals surface area contributed by atoms with Crippen molar-refractivity contribution in [1.82, 2.24) is 5.32 Å². The number of anilines is 1. The number of amides is 3. The van der Waals surface area contributed by atoms with Crippen molar-refractivity contribution in [3.63, 3.8) is 0 Å². The summed E-state index contributed by atoms with van der Waals surface area (Å²) in [5.74, 6) is -1.93. The van der Waals surface area contributed by atoms with Gasteiger partial charge in [-0.1, -0.05) is 30.0 Å². The molecule has 0 spiro atoms. The standard InChI is InChI=1S/C22H19F3N2O5S/c1-2-32-18(28)12-27(16-8-4-7-15(11-16)22(23,24)25)20(30)14-6-3-5-13(9-14)10-17-19(29)26-21(31)33-17/h3-9,11,17H,2,10,12H2,1H3,(H,26,29,31). The Labute approximate surface area is 191 Å². The van der Waals surface area contributed by atoms with Gasteiger partial charge in [-0.25, -0.2) is 0 Å². The van der Waals surface area contributed by atoms with Crippen LogP contribution in [0, 0.1) is 0 Å². The molecule has 2 aromatic rings. The quantitative estimate of drug-likeness (QED) is 0.606. The summed E-state index contributed by atoms with van der Waals surface area (Å²) in [4.78, 5) is 49.5. The van der Waals surface area contributed by atoms with Gasteiger partial charge in [-0.15, -0.1) is 0 Å². The highest BCUT2D eigenvalue weighted by molar-refractivity contribution is 8.15. The summed E-state index contributed by atoms with van der Waals surface area (Å²) in [5, 5.41) is 1.07. The van der Waals surface area contributed by atoms with Crippen LogP contribution in [-0.4, -0.2) is 41.4 Å². The molecule has 2 aromatic carbocycles. The lowest BCUT2D eigenvalue weighted by Crippen LogP contribution is -2.37. The van der Waals surface area contributed by atoms with Crippen LogP contribution in [0.2, 0.25) is 0 Å². The van der Waals surface area contributed by atoms with Gasteiger partial charge in [-0.3, -0.25) is 29.4 Å². The van der Waals surface area contributed by atoms with Gasteiger partial charge in [-0.2, -0.15) is 13.2 Å². The van der Waals surface area contributed by atoms with Crippen molar-refractivity contribution >= 4 is 40.5 Å². The fraction of sp³-hybridized carbons (Fsp3) is 0.273. The lowest BCUT2D eigenvalue weighted by atomic mass is 10.0. The number of esters is 1. The van der Waals surface area contributed by atoms with Crippen LogP contribution in [0.25, 0.3) is 0 Å². The summed E-state index contributed by atoms with van der Waals surface area (Å²) in [6.07, 6.45) is -4.46. The number of thioether (sulfide) groups is 1. The molecule has 7 nitrogen and oxygen atoms in total. The molecule has 1 heterocycles. The van der Waals surface area contributed by atoms with Crippen LogP contribution in [0.4, 0.5) is 23.7 Å². The second kappa shape index (κ2) is 10.1. The van der Waals surface area contributed by atoms with Gasteiger partial charge in [0.1, 0.15) is 6.54 Å². The Morgan fingerprint density at radius 2 is 1.85 bits per heavy atom. The summed E-state index contributed by atoms with van der Waals surface area (Å²) in [6, 6.07) is 10.2. The Balaban J connectivity index is 1.91. The van der Waals surface area contributed by atoms with E-state index < -0.39 is 46.6 Å². The third kappa shape index (κ3) is 6.13. The molecule has 1 aliphatic rings. The molecule has 0 aliphatic carbocycles. The number of carbonyl (C=O) groups excluding carboxylic acids is 4. The van der Waals surface area contributed by atoms with E-state index in [0.717, 1.165) is 34.9 Å². The second-order valence-corrected chi connectivity index (χ2v) is 8.21. The minimum absolute atomic E-state index is 0.0405. The highest BCUT2D eigenvalue weighted by atomic mass is 32.2. The molecule has 1 aliphatic heterocycles. The zero-order chi connectivity index (χ0) is 24.2. The number of ether oxygens (including phenoxy) is 1. The average molecular weight is 480 g/mol. The summed E-state index contributed by atoms with van der Waals surface area (Å²) in [7, 11) is 0. The number of hydrogen-bond donors (Lipinski definition) is 1. The van der Waals surface area contributed by atoms with Crippen LogP contribution in [0.15, 0.2) is 48.5 Å². The maximum atomic E-state index is 13.3. The summed E-state index contributed by atoms with van der Waals surface area (Å²) < 4.78 is 44.4. The number of carbonyl (C=O) groups is 4. The van der Waals surface area contributed by atoms with Crippen molar-refractivity contribution in [3.05, 3.63) is 65.2 Å². The number of hydrogen-bond acceptors (Lipinski definition) is 6. The van der Waals surface area contributed by atoms with Crippen molar-refractivity contribution in [1.29, 1.82) is 0 Å². The van der Waals surface area contributed by atoms with Gasteiger partial charge in [0.2, 0.25) is 5.91 Å². The number of halogens is 3. The fourth-order valence-electron chi connectivity index (χ4n) is 3.20. The molecular formula is C22H19F3N2O5S. The zero-order valence-electron chi connectivity index (χ0n) is 17.3. The number of nitrogens with one attached hydrogen (secondary N) is 1. The normalized spacial score (nSPS) is 15.8. The first-order valence-corrected chi connectivity index (χ1v) is 10.7. The molecule has 33 heavy (non-hydrogen) atoms. The molecule has 1 unspecified atom stereocenters. The maximum Gasteiger partial charge on any atom is 0.416 e. The van der Waals surface area contributed by atoms with Crippen LogP contribution in [-0.2, 0) is 26.9 Å². The Morgan fingerprint density at radius 1 is 1.12 bits per heavy atom. The molecule has 0 aromatic heterocycles. The van der Waals surface area contributed by atoms with Gasteiger partial charge in [-0.05, 0) is 49.2 Å². The highest BCUT2D eigenvalue weighted by Crippen LogP contribution is 2.32. The Kier molecular flexibility index (Phi) is 7.42. The van der Waals surface area contributed by atoms with Gasteiger partial charge in [0.25, 0.3) is 11.1 Å². The number of benzene rings is 2. The van der Waals surface area contributed by atoms with Gasteiger partial charge in [0, 0.05) is 11.3 Å². The average Bonchev–Trinajstić information content (AvgIpc) is 3.08. The smallest absolute Gasteiger partial charge is 0.416 e. The topological polar surface area (TPSA) is 92.8 Å². The Hall–Kier alpha value is -3.34. The van der Waals surface area contributed by atoms with Crippen molar-refractivity contribution < 1.29 is 37.1 Å². The molecule has 1 fully saturated rings. The summed E-state index contributed by atoms with van der Waals surface area (Å²) >= 11 is 0.841. The van der Waals surface area contributed by atoms with E-state index in [-0.39, 0.29) is 24.3 Å². The lowest BCUT2D eigenvalue weighted by molar-refractivity contribution is -0.141. The van der Waals surface area contributed by atoms with Crippen LogP contribution in [0.1, 0.15) is 28.4 Å². The van der Waals surface area contributed by atoms with E-state index in [4.69, 9.17) is 4.74 Å². The second-order valence-electron chi connectivity index (χ2n) is 7.03. The minimum atomic E-state index is -4.63. The molecule has 3 rings (SSSR count). The van der Waals surface area contributed by atoms with E-state index in [2.05, 4.69) is 5.32 Å². The third-order valence-corrected chi connectivity index (χ3v) is 5.67. The number of nitrogens with zero attached hydrogens (tertiary/aromatic N) is 1. The number of rotatable bonds is 7. The molecule has 0 radical (unpaired) electrons. The number of imide groups is 1. The lowest BCUT2D eigenvalue weighted by Gasteiger charge is -2.23. The monoisotopic (exact) mass is 480 g/mol. The summed E-state index contributed by atoms with van der Waals surface area (Å²) in [5.41, 5.74) is -0.416. The molecule has 1 N–H and O–H groups in total. The maximum absolute atomic E-state index is 13.3. The van der Waals surface area contributed by atoms with Crippen LogP contribution < -0.4 is 10.2 Å². The first-order chi connectivity index (χ1) is 15.6. The predicted molar refractivity (Wildman–Crippen MR) is 115 cm³/mol. The van der Waals surface area contributed by atoms with E-state index >= 15 is 0 Å².